The zero-order valence-electron chi connectivity index (χ0n) is 11.2. The van der Waals surface area contributed by atoms with Crippen LogP contribution in [-0.2, 0) is 20.2 Å². The minimum atomic E-state index is -2.92. The van der Waals surface area contributed by atoms with E-state index in [1.165, 1.54) is 0 Å². The highest BCUT2D eigenvalue weighted by Gasteiger charge is 2.39. The predicted molar refractivity (Wildman–Crippen MR) is 78.2 cm³/mol. The van der Waals surface area contributed by atoms with Gasteiger partial charge in [0, 0.05) is 0 Å². The first kappa shape index (κ1) is 14.6. The van der Waals surface area contributed by atoms with Crippen molar-refractivity contribution >= 4 is 27.5 Å². The molecule has 2 fully saturated rings. The summed E-state index contributed by atoms with van der Waals surface area (Å²) in [6.07, 6.45) is 3.93. The second kappa shape index (κ2) is 5.13. The molecule has 1 heterocycles. The second-order valence-corrected chi connectivity index (χ2v) is 8.11. The van der Waals surface area contributed by atoms with Crippen LogP contribution in [0.1, 0.15) is 24.8 Å². The summed E-state index contributed by atoms with van der Waals surface area (Å²) >= 11 is 6.20. The first-order valence-electron chi connectivity index (χ1n) is 6.70. The fourth-order valence-electron chi connectivity index (χ4n) is 2.72. The number of benzene rings is 1. The smallest absolute Gasteiger partial charge is 0.235 e. The van der Waals surface area contributed by atoms with E-state index in [-0.39, 0.29) is 17.6 Å². The Morgan fingerprint density at radius 3 is 2.52 bits per heavy atom. The van der Waals surface area contributed by atoms with Gasteiger partial charge in [-0.25, -0.2) is 13.2 Å². The van der Waals surface area contributed by atoms with Crippen molar-refractivity contribution < 1.29 is 17.9 Å². The standard InChI is InChI=1S/C14H14ClNO4S/c15-12-6-10(14(16-9-17)4-1-5-14)2-3-13(12)20-11-7-21(18,19)8-11/h2-3,6,11H,1,4-5,7-8H2. The van der Waals surface area contributed by atoms with Crippen molar-refractivity contribution in [1.82, 2.24) is 0 Å². The summed E-state index contributed by atoms with van der Waals surface area (Å²) in [5.41, 5.74) is 0.375. The molecule has 1 saturated heterocycles. The molecule has 1 saturated carbocycles. The van der Waals surface area contributed by atoms with Crippen molar-refractivity contribution in [2.75, 3.05) is 11.5 Å². The van der Waals surface area contributed by atoms with Gasteiger partial charge in [0.1, 0.15) is 11.9 Å². The van der Waals surface area contributed by atoms with Gasteiger partial charge in [-0.2, -0.15) is 4.99 Å². The molecule has 0 atom stereocenters. The van der Waals surface area contributed by atoms with Crippen molar-refractivity contribution in [3.8, 4) is 5.75 Å². The first-order chi connectivity index (χ1) is 9.94. The van der Waals surface area contributed by atoms with Gasteiger partial charge in [0.25, 0.3) is 0 Å². The Morgan fingerprint density at radius 1 is 1.33 bits per heavy atom. The van der Waals surface area contributed by atoms with Crippen molar-refractivity contribution in [3.05, 3.63) is 28.8 Å². The zero-order chi connectivity index (χ0) is 15.1. The third kappa shape index (κ3) is 2.71. The number of nitrogens with zero attached hydrogens (tertiary/aromatic N) is 1. The van der Waals surface area contributed by atoms with Crippen molar-refractivity contribution in [1.29, 1.82) is 0 Å². The Balaban J connectivity index is 1.79. The van der Waals surface area contributed by atoms with Crippen LogP contribution >= 0.6 is 11.6 Å². The average Bonchev–Trinajstić information content (AvgIpc) is 2.34. The number of hydrogen-bond donors (Lipinski definition) is 0. The lowest BCUT2D eigenvalue weighted by Gasteiger charge is -2.37. The molecular formula is C14H14ClNO4S. The Bertz CT molecular complexity index is 708. The molecule has 1 aliphatic carbocycles. The highest BCUT2D eigenvalue weighted by atomic mass is 35.5. The van der Waals surface area contributed by atoms with Gasteiger partial charge in [-0.1, -0.05) is 17.7 Å². The normalized spacial score (nSPS) is 22.5. The number of carbonyl (C=O) groups excluding carboxylic acids is 1. The Hall–Kier alpha value is -1.36. The first-order valence-corrected chi connectivity index (χ1v) is 8.90. The van der Waals surface area contributed by atoms with Crippen molar-refractivity contribution in [3.63, 3.8) is 0 Å². The summed E-state index contributed by atoms with van der Waals surface area (Å²) in [4.78, 5) is 14.5. The molecule has 1 aliphatic heterocycles. The summed E-state index contributed by atoms with van der Waals surface area (Å²) < 4.78 is 27.8. The molecule has 1 aromatic carbocycles. The van der Waals surface area contributed by atoms with Crippen LogP contribution in [-0.4, -0.2) is 32.1 Å². The number of aliphatic imine (C=N–C) groups is 1. The van der Waals surface area contributed by atoms with Gasteiger partial charge in [0.15, 0.2) is 9.84 Å². The molecule has 112 valence electrons. The van der Waals surface area contributed by atoms with E-state index in [0.29, 0.717) is 10.8 Å². The second-order valence-electron chi connectivity index (χ2n) is 5.55. The number of isocyanates is 1. The molecule has 0 spiro atoms. The quantitative estimate of drug-likeness (QED) is 0.628. The predicted octanol–water partition coefficient (Wildman–Crippen LogP) is 2.23. The number of ether oxygens (including phenoxy) is 1. The molecule has 0 N–H and O–H groups in total. The number of sulfone groups is 1. The lowest BCUT2D eigenvalue weighted by Crippen LogP contribution is -2.45. The van der Waals surface area contributed by atoms with Crippen LogP contribution < -0.4 is 4.74 Å². The van der Waals surface area contributed by atoms with Crippen LogP contribution in [0.4, 0.5) is 0 Å². The van der Waals surface area contributed by atoms with E-state index in [0.717, 1.165) is 24.8 Å². The monoisotopic (exact) mass is 327 g/mol. The molecule has 7 heteroatoms. The van der Waals surface area contributed by atoms with Gasteiger partial charge in [-0.15, -0.1) is 0 Å². The molecule has 5 nitrogen and oxygen atoms in total. The Morgan fingerprint density at radius 2 is 2.05 bits per heavy atom. The van der Waals surface area contributed by atoms with Crippen molar-refractivity contribution in [2.45, 2.75) is 30.9 Å². The summed E-state index contributed by atoms with van der Waals surface area (Å²) in [7, 11) is -2.92. The van der Waals surface area contributed by atoms with E-state index >= 15 is 0 Å². The fraction of sp³-hybridized carbons (Fsp3) is 0.500. The molecule has 0 radical (unpaired) electrons. The lowest BCUT2D eigenvalue weighted by atomic mass is 9.72. The van der Waals surface area contributed by atoms with Gasteiger partial charge >= 0.3 is 0 Å². The number of rotatable bonds is 4. The maximum absolute atomic E-state index is 11.1. The van der Waals surface area contributed by atoms with Crippen LogP contribution in [0.25, 0.3) is 0 Å². The summed E-state index contributed by atoms with van der Waals surface area (Å²) in [6.45, 7) is 0. The van der Waals surface area contributed by atoms with Crippen LogP contribution in [0.2, 0.25) is 5.02 Å². The third-order valence-corrected chi connectivity index (χ3v) is 6.14. The van der Waals surface area contributed by atoms with E-state index in [9.17, 15) is 13.2 Å². The van der Waals surface area contributed by atoms with Crippen LogP contribution in [0.5, 0.6) is 5.75 Å². The SMILES string of the molecule is O=C=NC1(c2ccc(OC3CS(=O)(=O)C3)c(Cl)c2)CCC1. The number of hydrogen-bond acceptors (Lipinski definition) is 5. The number of halogens is 1. The van der Waals surface area contributed by atoms with Gasteiger partial charge in [-0.3, -0.25) is 0 Å². The van der Waals surface area contributed by atoms with Crippen LogP contribution in [0.15, 0.2) is 23.2 Å². The molecule has 0 amide bonds. The molecule has 1 aromatic rings. The lowest BCUT2D eigenvalue weighted by molar-refractivity contribution is 0.229. The average molecular weight is 328 g/mol. The van der Waals surface area contributed by atoms with Crippen molar-refractivity contribution in [2.24, 2.45) is 4.99 Å². The Kier molecular flexibility index (Phi) is 3.56. The molecular weight excluding hydrogens is 314 g/mol. The Labute approximate surface area is 127 Å². The highest BCUT2D eigenvalue weighted by Crippen LogP contribution is 2.46. The van der Waals surface area contributed by atoms with Crippen LogP contribution in [0.3, 0.4) is 0 Å². The topological polar surface area (TPSA) is 72.8 Å². The molecule has 2 aliphatic rings. The van der Waals surface area contributed by atoms with Crippen LogP contribution in [0, 0.1) is 0 Å². The van der Waals surface area contributed by atoms with E-state index in [2.05, 4.69) is 4.99 Å². The molecule has 0 bridgehead atoms. The summed E-state index contributed by atoms with van der Waals surface area (Å²) in [6, 6.07) is 5.28. The molecule has 0 unspecified atom stereocenters. The fourth-order valence-corrected chi connectivity index (χ4v) is 4.11. The van der Waals surface area contributed by atoms with E-state index in [1.807, 2.05) is 6.07 Å². The maximum atomic E-state index is 11.1. The summed E-state index contributed by atoms with van der Waals surface area (Å²) in [5.74, 6) is 0.527. The highest BCUT2D eigenvalue weighted by molar-refractivity contribution is 7.92. The van der Waals surface area contributed by atoms with Gasteiger partial charge in [0.2, 0.25) is 6.08 Å². The minimum Gasteiger partial charge on any atom is -0.487 e. The van der Waals surface area contributed by atoms with E-state index in [1.54, 1.807) is 18.2 Å². The minimum absolute atomic E-state index is 0.0322. The van der Waals surface area contributed by atoms with E-state index in [4.69, 9.17) is 16.3 Å². The largest absolute Gasteiger partial charge is 0.487 e. The summed E-state index contributed by atoms with van der Waals surface area (Å²) in [5, 5.41) is 0.407. The molecule has 3 rings (SSSR count). The van der Waals surface area contributed by atoms with Gasteiger partial charge in [-0.05, 0) is 37.0 Å². The van der Waals surface area contributed by atoms with E-state index < -0.39 is 15.4 Å². The molecule has 0 aromatic heterocycles. The third-order valence-electron chi connectivity index (χ3n) is 4.08. The van der Waals surface area contributed by atoms with Gasteiger partial charge in [0.05, 0.1) is 22.1 Å². The molecule has 21 heavy (non-hydrogen) atoms. The van der Waals surface area contributed by atoms with Gasteiger partial charge < -0.3 is 4.74 Å². The maximum Gasteiger partial charge on any atom is 0.235 e. The zero-order valence-corrected chi connectivity index (χ0v) is 12.8.